The van der Waals surface area contributed by atoms with Crippen LogP contribution in [0.25, 0.3) is 0 Å². The fraction of sp³-hybridized carbons (Fsp3) is 0.636. The predicted octanol–water partition coefficient (Wildman–Crippen LogP) is 2.51. The maximum Gasteiger partial charge on any atom is 0.148 e. The van der Waals surface area contributed by atoms with Crippen molar-refractivity contribution in [2.45, 2.75) is 40.0 Å². The molecule has 2 heterocycles. The molecule has 14 heavy (non-hydrogen) atoms. The number of aryl methyl sites for hydroxylation is 1. The minimum atomic E-state index is 0.133. The summed E-state index contributed by atoms with van der Waals surface area (Å²) in [5.41, 5.74) is 2.22. The fourth-order valence-electron chi connectivity index (χ4n) is 1.47. The van der Waals surface area contributed by atoms with Crippen LogP contribution in [-0.2, 0) is 5.41 Å². The lowest BCUT2D eigenvalue weighted by atomic mass is 9.92. The zero-order valence-electron chi connectivity index (χ0n) is 9.68. The molecule has 0 saturated heterocycles. The first-order valence-electron chi connectivity index (χ1n) is 5.17. The first-order valence-corrected chi connectivity index (χ1v) is 5.17. The highest BCUT2D eigenvalue weighted by atomic mass is 15.1. The zero-order chi connectivity index (χ0) is 10.8. The molecule has 1 N–H and O–H groups in total. The summed E-state index contributed by atoms with van der Waals surface area (Å²) in [6.07, 6.45) is 1.80. The highest BCUT2D eigenvalue weighted by Gasteiger charge is 2.32. The van der Waals surface area contributed by atoms with Gasteiger partial charge in [-0.05, 0) is 6.92 Å². The summed E-state index contributed by atoms with van der Waals surface area (Å²) in [7, 11) is 0. The van der Waals surface area contributed by atoms with Crippen molar-refractivity contribution in [3.05, 3.63) is 17.6 Å². The van der Waals surface area contributed by atoms with E-state index in [4.69, 9.17) is 0 Å². The van der Waals surface area contributed by atoms with Gasteiger partial charge in [0.1, 0.15) is 5.82 Å². The molecule has 2 rings (SSSR count). The third-order valence-corrected chi connectivity index (χ3v) is 2.23. The Morgan fingerprint density at radius 3 is 2.64 bits per heavy atom. The summed E-state index contributed by atoms with van der Waals surface area (Å²) in [5, 5.41) is 3.24. The van der Waals surface area contributed by atoms with Gasteiger partial charge in [-0.3, -0.25) is 4.98 Å². The number of fused-ring (bicyclic) bond motifs is 1. The molecule has 0 atom stereocenters. The van der Waals surface area contributed by atoms with Crippen molar-refractivity contribution in [1.82, 2.24) is 9.97 Å². The Kier molecular flexibility index (Phi) is 3.09. The summed E-state index contributed by atoms with van der Waals surface area (Å²) in [6.45, 7) is 11.3. The summed E-state index contributed by atoms with van der Waals surface area (Å²) < 4.78 is 0. The van der Waals surface area contributed by atoms with Crippen LogP contribution in [0.4, 0.5) is 5.82 Å². The van der Waals surface area contributed by atoms with Crippen LogP contribution < -0.4 is 5.32 Å². The van der Waals surface area contributed by atoms with Crippen molar-refractivity contribution in [3.63, 3.8) is 0 Å². The quantitative estimate of drug-likeness (QED) is 0.688. The third-order valence-electron chi connectivity index (χ3n) is 2.23. The SMILES string of the molecule is CC.Cc1cnc2c(n1)C(C)(C)CN2. The highest BCUT2D eigenvalue weighted by Crippen LogP contribution is 2.32. The van der Waals surface area contributed by atoms with E-state index < -0.39 is 0 Å². The van der Waals surface area contributed by atoms with Crippen LogP contribution in [0, 0.1) is 6.92 Å². The Labute approximate surface area is 86.0 Å². The van der Waals surface area contributed by atoms with E-state index in [0.29, 0.717) is 0 Å². The van der Waals surface area contributed by atoms with Crippen LogP contribution in [0.1, 0.15) is 39.1 Å². The molecule has 0 radical (unpaired) electrons. The van der Waals surface area contributed by atoms with Gasteiger partial charge < -0.3 is 5.32 Å². The minimum Gasteiger partial charge on any atom is -0.368 e. The number of rotatable bonds is 0. The number of nitrogens with one attached hydrogen (secondary N) is 1. The molecule has 1 aliphatic rings. The lowest BCUT2D eigenvalue weighted by molar-refractivity contribution is 0.566. The maximum atomic E-state index is 4.48. The molecule has 78 valence electrons. The van der Waals surface area contributed by atoms with Crippen molar-refractivity contribution in [2.24, 2.45) is 0 Å². The van der Waals surface area contributed by atoms with Gasteiger partial charge in [-0.25, -0.2) is 4.98 Å². The number of nitrogens with zero attached hydrogens (tertiary/aromatic N) is 2. The first-order chi connectivity index (χ1) is 6.59. The Hall–Kier alpha value is -1.12. The van der Waals surface area contributed by atoms with Crippen molar-refractivity contribution >= 4 is 5.82 Å². The average Bonchev–Trinajstić information content (AvgIpc) is 2.46. The highest BCUT2D eigenvalue weighted by molar-refractivity contribution is 5.50. The van der Waals surface area contributed by atoms with Crippen molar-refractivity contribution < 1.29 is 0 Å². The van der Waals surface area contributed by atoms with E-state index in [-0.39, 0.29) is 5.41 Å². The summed E-state index contributed by atoms with van der Waals surface area (Å²) in [6, 6.07) is 0. The topological polar surface area (TPSA) is 37.8 Å². The molecule has 0 aliphatic carbocycles. The zero-order valence-corrected chi connectivity index (χ0v) is 9.68. The van der Waals surface area contributed by atoms with Crippen molar-refractivity contribution in [3.8, 4) is 0 Å². The third kappa shape index (κ3) is 1.86. The van der Waals surface area contributed by atoms with E-state index in [0.717, 1.165) is 23.8 Å². The van der Waals surface area contributed by atoms with Crippen LogP contribution in [0.3, 0.4) is 0 Å². The standard InChI is InChI=1S/C9H13N3.C2H6/c1-6-4-10-8-7(12-6)9(2,3)5-11-8;1-2/h4H,5H2,1-3H3,(H,10,11);1-2H3. The summed E-state index contributed by atoms with van der Waals surface area (Å²) in [5.74, 6) is 0.950. The van der Waals surface area contributed by atoms with E-state index in [9.17, 15) is 0 Å². The molecule has 3 heteroatoms. The summed E-state index contributed by atoms with van der Waals surface area (Å²) in [4.78, 5) is 8.76. The van der Waals surface area contributed by atoms with Crippen LogP contribution in [0.15, 0.2) is 6.20 Å². The smallest absolute Gasteiger partial charge is 0.148 e. The molecule has 0 amide bonds. The predicted molar refractivity (Wildman–Crippen MR) is 59.6 cm³/mol. The Balaban J connectivity index is 0.000000461. The molecule has 0 fully saturated rings. The number of hydrogen-bond acceptors (Lipinski definition) is 3. The average molecular weight is 193 g/mol. The van der Waals surface area contributed by atoms with E-state index >= 15 is 0 Å². The van der Waals surface area contributed by atoms with Crippen molar-refractivity contribution in [2.75, 3.05) is 11.9 Å². The number of aromatic nitrogens is 2. The lowest BCUT2D eigenvalue weighted by Gasteiger charge is -2.14. The largest absolute Gasteiger partial charge is 0.368 e. The molecular formula is C11H19N3. The monoisotopic (exact) mass is 193 g/mol. The number of anilines is 1. The van der Waals surface area contributed by atoms with Gasteiger partial charge in [0.15, 0.2) is 0 Å². The van der Waals surface area contributed by atoms with E-state index in [2.05, 4.69) is 29.1 Å². The first kappa shape index (κ1) is 11.0. The lowest BCUT2D eigenvalue weighted by Crippen LogP contribution is -2.20. The van der Waals surface area contributed by atoms with E-state index in [1.165, 1.54) is 0 Å². The van der Waals surface area contributed by atoms with Gasteiger partial charge in [-0.1, -0.05) is 27.7 Å². The molecule has 0 spiro atoms. The number of hydrogen-bond donors (Lipinski definition) is 1. The van der Waals surface area contributed by atoms with Gasteiger partial charge in [0.2, 0.25) is 0 Å². The van der Waals surface area contributed by atoms with Gasteiger partial charge in [0, 0.05) is 12.0 Å². The second-order valence-corrected chi connectivity index (χ2v) is 3.95. The molecule has 3 nitrogen and oxygen atoms in total. The molecule has 1 aliphatic heterocycles. The van der Waals surface area contributed by atoms with Gasteiger partial charge in [-0.15, -0.1) is 0 Å². The Bertz CT molecular complexity index is 318. The second-order valence-electron chi connectivity index (χ2n) is 3.95. The maximum absolute atomic E-state index is 4.48. The molecular weight excluding hydrogens is 174 g/mol. The molecule has 0 aromatic carbocycles. The van der Waals surface area contributed by atoms with Gasteiger partial charge >= 0.3 is 0 Å². The molecule has 0 unspecified atom stereocenters. The van der Waals surface area contributed by atoms with Gasteiger partial charge in [0.05, 0.1) is 17.6 Å². The van der Waals surface area contributed by atoms with Crippen LogP contribution in [0.2, 0.25) is 0 Å². The second kappa shape index (κ2) is 3.95. The molecule has 1 aromatic rings. The van der Waals surface area contributed by atoms with Crippen molar-refractivity contribution in [1.29, 1.82) is 0 Å². The van der Waals surface area contributed by atoms with Gasteiger partial charge in [-0.2, -0.15) is 0 Å². The summed E-state index contributed by atoms with van der Waals surface area (Å²) >= 11 is 0. The Morgan fingerprint density at radius 2 is 2.00 bits per heavy atom. The van der Waals surface area contributed by atoms with E-state index in [1.54, 1.807) is 6.20 Å². The Morgan fingerprint density at radius 1 is 1.36 bits per heavy atom. The fourth-order valence-corrected chi connectivity index (χ4v) is 1.47. The molecule has 0 bridgehead atoms. The normalized spacial score (nSPS) is 16.4. The van der Waals surface area contributed by atoms with E-state index in [1.807, 2.05) is 20.8 Å². The minimum absolute atomic E-state index is 0.133. The van der Waals surface area contributed by atoms with Crippen LogP contribution in [0.5, 0.6) is 0 Å². The van der Waals surface area contributed by atoms with Gasteiger partial charge in [0.25, 0.3) is 0 Å². The molecule has 1 aromatic heterocycles. The van der Waals surface area contributed by atoms with Crippen LogP contribution in [-0.4, -0.2) is 16.5 Å². The molecule has 0 saturated carbocycles. The van der Waals surface area contributed by atoms with Crippen LogP contribution >= 0.6 is 0 Å².